The zero-order valence-electron chi connectivity index (χ0n) is 18.7. The molecule has 1 aromatic heterocycles. The van der Waals surface area contributed by atoms with Crippen molar-refractivity contribution in [3.8, 4) is 5.75 Å². The molecule has 7 nitrogen and oxygen atoms in total. The number of thioether (sulfide) groups is 1. The maximum absolute atomic E-state index is 12.7. The number of aromatic nitrogens is 3. The van der Waals surface area contributed by atoms with E-state index in [1.807, 2.05) is 29.2 Å². The largest absolute Gasteiger partial charge is 0.486 e. The third kappa shape index (κ3) is 5.07. The van der Waals surface area contributed by atoms with Crippen LogP contribution in [0.25, 0.3) is 0 Å². The molecule has 0 spiro atoms. The van der Waals surface area contributed by atoms with E-state index in [1.165, 1.54) is 33.1 Å². The minimum absolute atomic E-state index is 0.0734. The number of carbonyl (C=O) groups excluding carboxylic acids is 1. The fraction of sp³-hybridized carbons (Fsp3) is 0.375. The van der Waals surface area contributed by atoms with Gasteiger partial charge < -0.3 is 15.5 Å². The lowest BCUT2D eigenvalue weighted by molar-refractivity contribution is -0.129. The molecule has 2 heterocycles. The van der Waals surface area contributed by atoms with Crippen LogP contribution >= 0.6 is 11.8 Å². The van der Waals surface area contributed by atoms with Gasteiger partial charge >= 0.3 is 0 Å². The van der Waals surface area contributed by atoms with Gasteiger partial charge in [0.1, 0.15) is 12.4 Å². The molecule has 0 saturated heterocycles. The molecule has 168 valence electrons. The minimum Gasteiger partial charge on any atom is -0.486 e. The fourth-order valence-electron chi connectivity index (χ4n) is 3.63. The maximum Gasteiger partial charge on any atom is 0.233 e. The molecule has 0 radical (unpaired) electrons. The van der Waals surface area contributed by atoms with Gasteiger partial charge in [0.25, 0.3) is 0 Å². The van der Waals surface area contributed by atoms with Crippen LogP contribution in [-0.2, 0) is 29.8 Å². The molecule has 32 heavy (non-hydrogen) atoms. The number of hydrogen-bond donors (Lipinski definition) is 1. The molecule has 0 fully saturated rings. The standard InChI is InChI=1S/C24H29N5O2S/c1-24(2,3)19-8-10-20(11-9-19)31-15-21-26-27-23(29(21)25)32-16-22(30)28-13-12-17-6-4-5-7-18(17)14-28/h4-11H,12-16,25H2,1-3H3. The molecule has 2 aromatic carbocycles. The Labute approximate surface area is 192 Å². The van der Waals surface area contributed by atoms with Gasteiger partial charge in [-0.2, -0.15) is 0 Å². The first kappa shape index (κ1) is 22.2. The van der Waals surface area contributed by atoms with Gasteiger partial charge in [-0.1, -0.05) is 68.9 Å². The Bertz CT molecular complexity index is 1090. The molecule has 0 saturated carbocycles. The first-order chi connectivity index (χ1) is 15.3. The fourth-order valence-corrected chi connectivity index (χ4v) is 4.41. The highest BCUT2D eigenvalue weighted by Gasteiger charge is 2.21. The lowest BCUT2D eigenvalue weighted by Gasteiger charge is -2.28. The quantitative estimate of drug-likeness (QED) is 0.456. The number of hydrogen-bond acceptors (Lipinski definition) is 6. The topological polar surface area (TPSA) is 86.3 Å². The Morgan fingerprint density at radius 3 is 2.53 bits per heavy atom. The predicted molar refractivity (Wildman–Crippen MR) is 126 cm³/mol. The average molecular weight is 452 g/mol. The number of nitrogen functional groups attached to an aromatic ring is 1. The van der Waals surface area contributed by atoms with Gasteiger partial charge in [0, 0.05) is 13.1 Å². The second-order valence-corrected chi connectivity index (χ2v) is 9.90. The zero-order chi connectivity index (χ0) is 22.7. The van der Waals surface area contributed by atoms with Crippen molar-refractivity contribution in [2.45, 2.75) is 50.9 Å². The van der Waals surface area contributed by atoms with Gasteiger partial charge in [-0.3, -0.25) is 4.79 Å². The van der Waals surface area contributed by atoms with Crippen LogP contribution in [0, 0.1) is 0 Å². The summed E-state index contributed by atoms with van der Waals surface area (Å²) in [5, 5.41) is 8.75. The SMILES string of the molecule is CC(C)(C)c1ccc(OCc2nnc(SCC(=O)N3CCc4ccccc4C3)n2N)cc1. The number of fused-ring (bicyclic) bond motifs is 1. The van der Waals surface area contributed by atoms with E-state index in [0.29, 0.717) is 17.5 Å². The van der Waals surface area contributed by atoms with E-state index in [2.05, 4.69) is 55.2 Å². The van der Waals surface area contributed by atoms with Crippen molar-refractivity contribution in [3.63, 3.8) is 0 Å². The van der Waals surface area contributed by atoms with Gasteiger partial charge in [-0.15, -0.1) is 10.2 Å². The molecule has 8 heteroatoms. The van der Waals surface area contributed by atoms with Gasteiger partial charge in [0.15, 0.2) is 5.82 Å². The van der Waals surface area contributed by atoms with Crippen molar-refractivity contribution < 1.29 is 9.53 Å². The molecule has 0 bridgehead atoms. The van der Waals surface area contributed by atoms with Crippen molar-refractivity contribution in [1.29, 1.82) is 0 Å². The summed E-state index contributed by atoms with van der Waals surface area (Å²) >= 11 is 1.29. The lowest BCUT2D eigenvalue weighted by atomic mass is 9.87. The van der Waals surface area contributed by atoms with Crippen LogP contribution in [0.3, 0.4) is 0 Å². The van der Waals surface area contributed by atoms with Crippen LogP contribution in [0.15, 0.2) is 53.7 Å². The first-order valence-corrected chi connectivity index (χ1v) is 11.7. The van der Waals surface area contributed by atoms with Gasteiger partial charge in [-0.25, -0.2) is 4.68 Å². The highest BCUT2D eigenvalue weighted by atomic mass is 32.2. The molecule has 0 unspecified atom stereocenters. The molecule has 1 aliphatic heterocycles. The van der Waals surface area contributed by atoms with Crippen LogP contribution in [0.1, 0.15) is 43.3 Å². The van der Waals surface area contributed by atoms with Gasteiger partial charge in [0.2, 0.25) is 11.1 Å². The summed E-state index contributed by atoms with van der Waals surface area (Å²) in [6, 6.07) is 16.3. The average Bonchev–Trinajstić information content (AvgIpc) is 3.14. The Hall–Kier alpha value is -3.00. The third-order valence-corrected chi connectivity index (χ3v) is 6.56. The number of nitrogens with two attached hydrogens (primary N) is 1. The lowest BCUT2D eigenvalue weighted by Crippen LogP contribution is -2.37. The summed E-state index contributed by atoms with van der Waals surface area (Å²) in [5.74, 6) is 7.74. The monoisotopic (exact) mass is 451 g/mol. The van der Waals surface area contributed by atoms with Gasteiger partial charge in [0.05, 0.1) is 5.75 Å². The van der Waals surface area contributed by atoms with Crippen molar-refractivity contribution in [3.05, 3.63) is 71.0 Å². The Kier molecular flexibility index (Phi) is 6.41. The summed E-state index contributed by atoms with van der Waals surface area (Å²) in [5.41, 5.74) is 3.88. The van der Waals surface area contributed by atoms with E-state index in [-0.39, 0.29) is 23.7 Å². The minimum atomic E-state index is 0.0734. The summed E-state index contributed by atoms with van der Waals surface area (Å²) < 4.78 is 7.22. The van der Waals surface area contributed by atoms with Crippen molar-refractivity contribution in [1.82, 2.24) is 19.8 Å². The molecular formula is C24H29N5O2S. The molecule has 4 rings (SSSR count). The van der Waals surface area contributed by atoms with Crippen LogP contribution < -0.4 is 10.6 Å². The van der Waals surface area contributed by atoms with E-state index >= 15 is 0 Å². The Balaban J connectivity index is 1.30. The Morgan fingerprint density at radius 2 is 1.81 bits per heavy atom. The number of rotatable bonds is 6. The molecule has 2 N–H and O–H groups in total. The Morgan fingerprint density at radius 1 is 1.09 bits per heavy atom. The van der Waals surface area contributed by atoms with Crippen LogP contribution in [0.5, 0.6) is 5.75 Å². The first-order valence-electron chi connectivity index (χ1n) is 10.7. The maximum atomic E-state index is 12.7. The van der Waals surface area contributed by atoms with Gasteiger partial charge in [-0.05, 0) is 40.7 Å². The molecule has 1 aliphatic rings. The summed E-state index contributed by atoms with van der Waals surface area (Å²) in [7, 11) is 0. The number of nitrogens with zero attached hydrogens (tertiary/aromatic N) is 4. The van der Waals surface area contributed by atoms with Crippen LogP contribution in [0.2, 0.25) is 0 Å². The molecule has 0 aliphatic carbocycles. The summed E-state index contributed by atoms with van der Waals surface area (Å²) in [6.45, 7) is 8.11. The number of ether oxygens (including phenoxy) is 1. The van der Waals surface area contributed by atoms with Crippen LogP contribution in [-0.4, -0.2) is 38.0 Å². The molecular weight excluding hydrogens is 422 g/mol. The number of carbonyl (C=O) groups is 1. The predicted octanol–water partition coefficient (Wildman–Crippen LogP) is 3.55. The third-order valence-electron chi connectivity index (χ3n) is 5.63. The second kappa shape index (κ2) is 9.24. The number of benzene rings is 2. The smallest absolute Gasteiger partial charge is 0.233 e. The molecule has 1 amide bonds. The second-order valence-electron chi connectivity index (χ2n) is 8.95. The van der Waals surface area contributed by atoms with E-state index in [0.717, 1.165) is 18.7 Å². The molecule has 3 aromatic rings. The molecule has 0 atom stereocenters. The van der Waals surface area contributed by atoms with E-state index in [1.54, 1.807) is 0 Å². The van der Waals surface area contributed by atoms with E-state index in [9.17, 15) is 4.79 Å². The number of amides is 1. The normalized spacial score (nSPS) is 13.7. The van der Waals surface area contributed by atoms with E-state index in [4.69, 9.17) is 10.6 Å². The van der Waals surface area contributed by atoms with Crippen molar-refractivity contribution in [2.75, 3.05) is 18.1 Å². The van der Waals surface area contributed by atoms with Crippen LogP contribution in [0.4, 0.5) is 0 Å². The zero-order valence-corrected chi connectivity index (χ0v) is 19.6. The van der Waals surface area contributed by atoms with E-state index < -0.39 is 0 Å². The summed E-state index contributed by atoms with van der Waals surface area (Å²) in [6.07, 6.45) is 0.887. The highest BCUT2D eigenvalue weighted by Crippen LogP contribution is 2.25. The highest BCUT2D eigenvalue weighted by molar-refractivity contribution is 7.99. The van der Waals surface area contributed by atoms with Crippen molar-refractivity contribution in [2.24, 2.45) is 0 Å². The van der Waals surface area contributed by atoms with Crippen molar-refractivity contribution >= 4 is 17.7 Å². The summed E-state index contributed by atoms with van der Waals surface area (Å²) in [4.78, 5) is 14.6.